The first-order valence-corrected chi connectivity index (χ1v) is 6.85. The second kappa shape index (κ2) is 5.61. The van der Waals surface area contributed by atoms with Gasteiger partial charge in [0.25, 0.3) is 0 Å². The molecule has 0 radical (unpaired) electrons. The van der Waals surface area contributed by atoms with Crippen LogP contribution in [0.15, 0.2) is 42.5 Å². The second-order valence-electron chi connectivity index (χ2n) is 5.05. The Bertz CT molecular complexity index is 621. The highest BCUT2D eigenvalue weighted by atomic mass is 16.7. The highest BCUT2D eigenvalue weighted by Crippen LogP contribution is 2.22. The Kier molecular flexibility index (Phi) is 3.67. The van der Waals surface area contributed by atoms with Crippen molar-refractivity contribution in [1.29, 1.82) is 0 Å². The summed E-state index contributed by atoms with van der Waals surface area (Å²) in [5.41, 5.74) is 1.08. The summed E-state index contributed by atoms with van der Waals surface area (Å²) in [5, 5.41) is 13.1. The quantitative estimate of drug-likeness (QED) is 0.929. The zero-order valence-corrected chi connectivity index (χ0v) is 11.2. The molecule has 1 N–H and O–H groups in total. The predicted octanol–water partition coefficient (Wildman–Crippen LogP) is 2.82. The van der Waals surface area contributed by atoms with Gasteiger partial charge >= 0.3 is 5.97 Å². The fraction of sp³-hybridized carbons (Fsp3) is 0.312. The lowest BCUT2D eigenvalue weighted by Crippen LogP contribution is -2.35. The van der Waals surface area contributed by atoms with Gasteiger partial charge in [0, 0.05) is 6.54 Å². The molecule has 1 fully saturated rings. The summed E-state index contributed by atoms with van der Waals surface area (Å²) in [5.74, 6) is -0.805. The van der Waals surface area contributed by atoms with Crippen molar-refractivity contribution in [3.8, 4) is 0 Å². The van der Waals surface area contributed by atoms with Crippen molar-refractivity contribution < 1.29 is 14.7 Å². The van der Waals surface area contributed by atoms with Gasteiger partial charge in [-0.15, -0.1) is 0 Å². The molecular weight excluding hydrogens is 254 g/mol. The number of hydrogen-bond donors (Lipinski definition) is 1. The molecule has 1 unspecified atom stereocenters. The predicted molar refractivity (Wildman–Crippen MR) is 76.1 cm³/mol. The van der Waals surface area contributed by atoms with Gasteiger partial charge in [0.1, 0.15) is 6.04 Å². The van der Waals surface area contributed by atoms with E-state index in [1.165, 1.54) is 5.39 Å². The van der Waals surface area contributed by atoms with Gasteiger partial charge < -0.3 is 5.11 Å². The van der Waals surface area contributed by atoms with Gasteiger partial charge in [-0.2, -0.15) is 5.06 Å². The molecule has 1 aliphatic rings. The van der Waals surface area contributed by atoms with E-state index in [0.29, 0.717) is 19.6 Å². The van der Waals surface area contributed by atoms with Crippen LogP contribution in [0, 0.1) is 0 Å². The van der Waals surface area contributed by atoms with E-state index in [2.05, 4.69) is 18.2 Å². The third kappa shape index (κ3) is 2.53. The number of rotatable bonds is 4. The second-order valence-corrected chi connectivity index (χ2v) is 5.05. The average Bonchev–Trinajstić information content (AvgIpc) is 2.93. The summed E-state index contributed by atoms with van der Waals surface area (Å²) in [6.45, 7) is 1.09. The molecule has 4 nitrogen and oxygen atoms in total. The molecule has 0 amide bonds. The minimum Gasteiger partial charge on any atom is -0.480 e. The van der Waals surface area contributed by atoms with Gasteiger partial charge in [-0.3, -0.25) is 9.63 Å². The van der Waals surface area contributed by atoms with Crippen LogP contribution in [0.4, 0.5) is 0 Å². The summed E-state index contributed by atoms with van der Waals surface area (Å²) < 4.78 is 0. The van der Waals surface area contributed by atoms with Crippen LogP contribution in [-0.2, 0) is 16.2 Å². The van der Waals surface area contributed by atoms with Gasteiger partial charge in [0.2, 0.25) is 0 Å². The number of carbonyl (C=O) groups is 1. The topological polar surface area (TPSA) is 49.8 Å². The molecule has 2 aromatic rings. The van der Waals surface area contributed by atoms with E-state index in [1.54, 1.807) is 5.06 Å². The molecule has 1 saturated heterocycles. The SMILES string of the molecule is O=C(O)C1CCCN1OCc1cccc2ccccc12. The molecule has 2 aromatic carbocycles. The van der Waals surface area contributed by atoms with Crippen molar-refractivity contribution >= 4 is 16.7 Å². The Morgan fingerprint density at radius 1 is 1.25 bits per heavy atom. The van der Waals surface area contributed by atoms with Crippen LogP contribution < -0.4 is 0 Å². The smallest absolute Gasteiger partial charge is 0.323 e. The number of fused-ring (bicyclic) bond motifs is 1. The van der Waals surface area contributed by atoms with Crippen LogP contribution >= 0.6 is 0 Å². The van der Waals surface area contributed by atoms with Crippen molar-refractivity contribution in [1.82, 2.24) is 5.06 Å². The highest BCUT2D eigenvalue weighted by Gasteiger charge is 2.31. The molecule has 4 heteroatoms. The Labute approximate surface area is 117 Å². The van der Waals surface area contributed by atoms with E-state index in [9.17, 15) is 4.79 Å². The lowest BCUT2D eigenvalue weighted by molar-refractivity contribution is -0.192. The first-order valence-electron chi connectivity index (χ1n) is 6.85. The average molecular weight is 271 g/mol. The molecule has 0 spiro atoms. The van der Waals surface area contributed by atoms with E-state index < -0.39 is 12.0 Å². The van der Waals surface area contributed by atoms with Crippen LogP contribution in [0.5, 0.6) is 0 Å². The Balaban J connectivity index is 1.76. The van der Waals surface area contributed by atoms with Crippen molar-refractivity contribution in [2.75, 3.05) is 6.54 Å². The first kappa shape index (κ1) is 13.1. The molecule has 0 bridgehead atoms. The zero-order valence-electron chi connectivity index (χ0n) is 11.2. The Morgan fingerprint density at radius 2 is 2.05 bits per heavy atom. The number of carboxylic acid groups (broad SMARTS) is 1. The van der Waals surface area contributed by atoms with Gasteiger partial charge in [-0.1, -0.05) is 42.5 Å². The molecule has 104 valence electrons. The Hall–Kier alpha value is -1.91. The number of aliphatic carboxylic acids is 1. The number of nitrogens with zero attached hydrogens (tertiary/aromatic N) is 1. The lowest BCUT2D eigenvalue weighted by Gasteiger charge is -2.20. The molecule has 1 aliphatic heterocycles. The number of hydrogen-bond acceptors (Lipinski definition) is 3. The first-order chi connectivity index (χ1) is 9.75. The van der Waals surface area contributed by atoms with Crippen LogP contribution in [0.1, 0.15) is 18.4 Å². The normalized spacial score (nSPS) is 19.5. The van der Waals surface area contributed by atoms with Crippen LogP contribution in [0.25, 0.3) is 10.8 Å². The fourth-order valence-corrected chi connectivity index (χ4v) is 2.71. The molecule has 0 aromatic heterocycles. The van der Waals surface area contributed by atoms with Crippen molar-refractivity contribution in [2.24, 2.45) is 0 Å². The summed E-state index contributed by atoms with van der Waals surface area (Å²) >= 11 is 0. The zero-order chi connectivity index (χ0) is 13.9. The minimum absolute atomic E-state index is 0.408. The third-order valence-corrected chi connectivity index (χ3v) is 3.75. The van der Waals surface area contributed by atoms with Gasteiger partial charge in [-0.25, -0.2) is 0 Å². The van der Waals surface area contributed by atoms with Crippen molar-refractivity contribution in [3.63, 3.8) is 0 Å². The molecule has 0 aliphatic carbocycles. The largest absolute Gasteiger partial charge is 0.480 e. The summed E-state index contributed by atoms with van der Waals surface area (Å²) in [6, 6.07) is 13.7. The maximum absolute atomic E-state index is 11.1. The van der Waals surface area contributed by atoms with Crippen LogP contribution in [0.2, 0.25) is 0 Å². The highest BCUT2D eigenvalue weighted by molar-refractivity contribution is 5.85. The van der Waals surface area contributed by atoms with Crippen molar-refractivity contribution in [3.05, 3.63) is 48.0 Å². The maximum Gasteiger partial charge on any atom is 0.323 e. The molecule has 1 atom stereocenters. The fourth-order valence-electron chi connectivity index (χ4n) is 2.71. The van der Waals surface area contributed by atoms with Gasteiger partial charge in [-0.05, 0) is 29.2 Å². The minimum atomic E-state index is -0.805. The standard InChI is InChI=1S/C16H17NO3/c18-16(19)15-9-4-10-17(15)20-11-13-7-3-6-12-5-1-2-8-14(12)13/h1-3,5-8,15H,4,9-11H2,(H,18,19). The van der Waals surface area contributed by atoms with Crippen molar-refractivity contribution in [2.45, 2.75) is 25.5 Å². The van der Waals surface area contributed by atoms with Crippen LogP contribution in [-0.4, -0.2) is 28.7 Å². The maximum atomic E-state index is 11.1. The summed E-state index contributed by atoms with van der Waals surface area (Å²) in [6.07, 6.45) is 1.53. The molecule has 3 rings (SSSR count). The van der Waals surface area contributed by atoms with Gasteiger partial charge in [0.05, 0.1) is 6.61 Å². The van der Waals surface area contributed by atoms with Crippen LogP contribution in [0.3, 0.4) is 0 Å². The van der Waals surface area contributed by atoms with E-state index in [4.69, 9.17) is 9.94 Å². The summed E-state index contributed by atoms with van der Waals surface area (Å²) in [4.78, 5) is 16.8. The summed E-state index contributed by atoms with van der Waals surface area (Å²) in [7, 11) is 0. The molecular formula is C16H17NO3. The van der Waals surface area contributed by atoms with E-state index in [1.807, 2.05) is 24.3 Å². The molecule has 1 heterocycles. The number of hydroxylamine groups is 2. The van der Waals surface area contributed by atoms with E-state index >= 15 is 0 Å². The molecule has 20 heavy (non-hydrogen) atoms. The lowest BCUT2D eigenvalue weighted by atomic mass is 10.1. The van der Waals surface area contributed by atoms with E-state index in [0.717, 1.165) is 17.4 Å². The monoisotopic (exact) mass is 271 g/mol. The van der Waals surface area contributed by atoms with E-state index in [-0.39, 0.29) is 0 Å². The number of carboxylic acids is 1. The number of benzene rings is 2. The van der Waals surface area contributed by atoms with Gasteiger partial charge in [0.15, 0.2) is 0 Å². The third-order valence-electron chi connectivity index (χ3n) is 3.75. The Morgan fingerprint density at radius 3 is 2.90 bits per heavy atom. The molecule has 0 saturated carbocycles.